The van der Waals surface area contributed by atoms with Crippen LogP contribution in [0.25, 0.3) is 0 Å². The molecule has 0 spiro atoms. The lowest BCUT2D eigenvalue weighted by Gasteiger charge is -2.13. The molecule has 0 aromatic carbocycles. The summed E-state index contributed by atoms with van der Waals surface area (Å²) in [4.78, 5) is 0. The fourth-order valence-corrected chi connectivity index (χ4v) is 2.14. The zero-order valence-electron chi connectivity index (χ0n) is 9.60. The van der Waals surface area contributed by atoms with Gasteiger partial charge in [0.15, 0.2) is 0 Å². The highest BCUT2D eigenvalue weighted by atomic mass is 16.5. The number of rotatable bonds is 2. The van der Waals surface area contributed by atoms with Crippen LogP contribution >= 0.6 is 0 Å². The van der Waals surface area contributed by atoms with E-state index in [-0.39, 0.29) is 12.1 Å². The van der Waals surface area contributed by atoms with Crippen molar-refractivity contribution >= 4 is 0 Å². The van der Waals surface area contributed by atoms with Crippen molar-refractivity contribution in [1.82, 2.24) is 9.78 Å². The van der Waals surface area contributed by atoms with Crippen molar-refractivity contribution in [3.8, 4) is 11.9 Å². The number of ether oxygens (including phenoxy) is 1. The molecular formula is C11H16N4O. The molecule has 0 saturated heterocycles. The second-order valence-corrected chi connectivity index (χ2v) is 4.31. The van der Waals surface area contributed by atoms with Gasteiger partial charge < -0.3 is 10.5 Å². The van der Waals surface area contributed by atoms with Crippen LogP contribution in [0.4, 0.5) is 0 Å². The minimum atomic E-state index is 0.122. The molecule has 1 aliphatic rings. The second-order valence-electron chi connectivity index (χ2n) is 4.31. The number of nitrogens with zero attached hydrogens (tertiary/aromatic N) is 3. The molecule has 0 radical (unpaired) electrons. The number of aromatic nitrogens is 2. The van der Waals surface area contributed by atoms with Crippen molar-refractivity contribution in [3.05, 3.63) is 11.3 Å². The normalized spacial score (nSPS) is 24.4. The summed E-state index contributed by atoms with van der Waals surface area (Å²) < 4.78 is 7.44. The molecule has 5 nitrogen and oxygen atoms in total. The smallest absolute Gasteiger partial charge is 0.230 e. The number of hydrogen-bond donors (Lipinski definition) is 1. The van der Waals surface area contributed by atoms with Crippen LogP contribution < -0.4 is 10.5 Å². The molecule has 1 aromatic rings. The van der Waals surface area contributed by atoms with Crippen LogP contribution in [0.1, 0.15) is 30.5 Å². The largest absolute Gasteiger partial charge is 0.474 e. The van der Waals surface area contributed by atoms with Crippen LogP contribution in [0.15, 0.2) is 0 Å². The Morgan fingerprint density at radius 1 is 1.56 bits per heavy atom. The van der Waals surface area contributed by atoms with Gasteiger partial charge in [0.25, 0.3) is 0 Å². The van der Waals surface area contributed by atoms with Gasteiger partial charge in [-0.1, -0.05) is 0 Å². The predicted octanol–water partition coefficient (Wildman–Crippen LogP) is 0.859. The number of aryl methyl sites for hydroxylation is 2. The second kappa shape index (κ2) is 4.14. The van der Waals surface area contributed by atoms with Gasteiger partial charge in [0.2, 0.25) is 5.88 Å². The number of nitriles is 1. The van der Waals surface area contributed by atoms with Gasteiger partial charge in [-0.2, -0.15) is 10.4 Å². The maximum absolute atomic E-state index is 9.03. The summed E-state index contributed by atoms with van der Waals surface area (Å²) in [6.45, 7) is 1.81. The zero-order chi connectivity index (χ0) is 11.7. The zero-order valence-corrected chi connectivity index (χ0v) is 9.60. The quantitative estimate of drug-likeness (QED) is 0.801. The highest BCUT2D eigenvalue weighted by molar-refractivity contribution is 5.42. The number of nitrogens with two attached hydrogens (primary N) is 1. The molecule has 1 saturated carbocycles. The van der Waals surface area contributed by atoms with Gasteiger partial charge in [-0.3, -0.25) is 0 Å². The first-order valence-electron chi connectivity index (χ1n) is 5.47. The molecule has 5 heteroatoms. The molecule has 2 unspecified atom stereocenters. The molecule has 1 aliphatic carbocycles. The third-order valence-corrected chi connectivity index (χ3v) is 2.98. The van der Waals surface area contributed by atoms with Gasteiger partial charge in [0.05, 0.1) is 5.69 Å². The topological polar surface area (TPSA) is 76.9 Å². The molecule has 2 N–H and O–H groups in total. The van der Waals surface area contributed by atoms with Crippen LogP contribution in [0.3, 0.4) is 0 Å². The van der Waals surface area contributed by atoms with Crippen molar-refractivity contribution < 1.29 is 4.74 Å². The molecule has 0 aliphatic heterocycles. The molecule has 2 atom stereocenters. The Bertz CT molecular complexity index is 432. The summed E-state index contributed by atoms with van der Waals surface area (Å²) in [6.07, 6.45) is 2.92. The van der Waals surface area contributed by atoms with Crippen molar-refractivity contribution in [1.29, 1.82) is 5.26 Å². The third kappa shape index (κ3) is 1.89. The van der Waals surface area contributed by atoms with Gasteiger partial charge in [-0.05, 0) is 26.2 Å². The average molecular weight is 220 g/mol. The molecule has 1 heterocycles. The minimum Gasteiger partial charge on any atom is -0.474 e. The van der Waals surface area contributed by atoms with Crippen molar-refractivity contribution in [2.24, 2.45) is 12.8 Å². The minimum absolute atomic E-state index is 0.122. The van der Waals surface area contributed by atoms with E-state index in [1.165, 1.54) is 0 Å². The first kappa shape index (κ1) is 11.0. The molecule has 1 aromatic heterocycles. The van der Waals surface area contributed by atoms with Gasteiger partial charge in [-0.25, -0.2) is 4.68 Å². The summed E-state index contributed by atoms with van der Waals surface area (Å²) in [7, 11) is 1.79. The third-order valence-electron chi connectivity index (χ3n) is 2.98. The van der Waals surface area contributed by atoms with E-state index in [1.807, 2.05) is 6.92 Å². The highest BCUT2D eigenvalue weighted by Crippen LogP contribution is 2.27. The van der Waals surface area contributed by atoms with Gasteiger partial charge in [0.1, 0.15) is 17.7 Å². The van der Waals surface area contributed by atoms with Crippen LogP contribution in [0, 0.1) is 18.3 Å². The van der Waals surface area contributed by atoms with Crippen molar-refractivity contribution in [2.45, 2.75) is 38.3 Å². The van der Waals surface area contributed by atoms with E-state index in [9.17, 15) is 0 Å². The van der Waals surface area contributed by atoms with E-state index < -0.39 is 0 Å². The van der Waals surface area contributed by atoms with Crippen LogP contribution in [0.2, 0.25) is 0 Å². The summed E-state index contributed by atoms with van der Waals surface area (Å²) in [5, 5.41) is 13.2. The van der Waals surface area contributed by atoms with Crippen LogP contribution in [-0.2, 0) is 7.05 Å². The van der Waals surface area contributed by atoms with Gasteiger partial charge >= 0.3 is 0 Å². The van der Waals surface area contributed by atoms with Crippen molar-refractivity contribution in [3.63, 3.8) is 0 Å². The molecule has 0 amide bonds. The van der Waals surface area contributed by atoms with E-state index >= 15 is 0 Å². The molecule has 86 valence electrons. The van der Waals surface area contributed by atoms with Gasteiger partial charge in [-0.15, -0.1) is 0 Å². The Morgan fingerprint density at radius 2 is 2.31 bits per heavy atom. The van der Waals surface area contributed by atoms with Gasteiger partial charge in [0, 0.05) is 13.1 Å². The SMILES string of the molecule is Cc1nn(C)c(OC2CCC(N)C2)c1C#N. The van der Waals surface area contributed by atoms with E-state index in [0.717, 1.165) is 19.3 Å². The van der Waals surface area contributed by atoms with Crippen LogP contribution in [-0.4, -0.2) is 21.9 Å². The fraction of sp³-hybridized carbons (Fsp3) is 0.636. The maximum Gasteiger partial charge on any atom is 0.230 e. The Morgan fingerprint density at radius 3 is 2.88 bits per heavy atom. The van der Waals surface area contributed by atoms with E-state index in [1.54, 1.807) is 11.7 Å². The Kier molecular flexibility index (Phi) is 2.84. The standard InChI is InChI=1S/C11H16N4O/c1-7-10(6-12)11(15(2)14-7)16-9-4-3-8(13)5-9/h8-9H,3-5,13H2,1-2H3. The first-order valence-corrected chi connectivity index (χ1v) is 5.47. The summed E-state index contributed by atoms with van der Waals surface area (Å²) in [6, 6.07) is 2.36. The van der Waals surface area contributed by atoms with Crippen LogP contribution in [0.5, 0.6) is 5.88 Å². The summed E-state index contributed by atoms with van der Waals surface area (Å²) in [5.41, 5.74) is 7.07. The Balaban J connectivity index is 2.18. The summed E-state index contributed by atoms with van der Waals surface area (Å²) in [5.74, 6) is 0.569. The first-order chi connectivity index (χ1) is 7.61. The molecular weight excluding hydrogens is 204 g/mol. The summed E-state index contributed by atoms with van der Waals surface area (Å²) >= 11 is 0. The van der Waals surface area contributed by atoms with E-state index in [2.05, 4.69) is 11.2 Å². The molecule has 16 heavy (non-hydrogen) atoms. The maximum atomic E-state index is 9.03. The van der Waals surface area contributed by atoms with E-state index in [0.29, 0.717) is 17.1 Å². The van der Waals surface area contributed by atoms with Crippen molar-refractivity contribution in [2.75, 3.05) is 0 Å². The predicted molar refractivity (Wildman–Crippen MR) is 58.9 cm³/mol. The molecule has 0 bridgehead atoms. The average Bonchev–Trinajstić information content (AvgIpc) is 2.73. The Hall–Kier alpha value is -1.54. The lowest BCUT2D eigenvalue weighted by molar-refractivity contribution is 0.190. The fourth-order valence-electron chi connectivity index (χ4n) is 2.14. The van der Waals surface area contributed by atoms with E-state index in [4.69, 9.17) is 15.7 Å². The lowest BCUT2D eigenvalue weighted by atomic mass is 10.2. The lowest BCUT2D eigenvalue weighted by Crippen LogP contribution is -2.20. The Labute approximate surface area is 94.8 Å². The monoisotopic (exact) mass is 220 g/mol. The highest BCUT2D eigenvalue weighted by Gasteiger charge is 2.26. The molecule has 1 fully saturated rings. The number of hydrogen-bond acceptors (Lipinski definition) is 4. The molecule has 2 rings (SSSR count).